The molecule has 3 rings (SSSR count). The summed E-state index contributed by atoms with van der Waals surface area (Å²) in [5.74, 6) is -0.935. The average molecular weight is 370 g/mol. The van der Waals surface area contributed by atoms with Crippen LogP contribution in [0.5, 0.6) is 5.75 Å². The first kappa shape index (κ1) is 18.7. The number of benzene rings is 2. The van der Waals surface area contributed by atoms with Gasteiger partial charge in [0.15, 0.2) is 6.61 Å². The summed E-state index contributed by atoms with van der Waals surface area (Å²) in [4.78, 5) is 37.5. The fourth-order valence-corrected chi connectivity index (χ4v) is 2.67. The number of hydrogen-bond donors (Lipinski definition) is 1. The van der Waals surface area contributed by atoms with E-state index in [1.54, 1.807) is 12.1 Å². The van der Waals surface area contributed by atoms with E-state index in [9.17, 15) is 14.4 Å². The third-order valence-electron chi connectivity index (χ3n) is 4.36. The Labute approximate surface area is 157 Å². The zero-order valence-electron chi connectivity index (χ0n) is 15.4. The smallest absolute Gasteiger partial charge is 0.342 e. The van der Waals surface area contributed by atoms with Gasteiger partial charge in [0.1, 0.15) is 11.3 Å². The van der Waals surface area contributed by atoms with Crippen molar-refractivity contribution in [2.75, 3.05) is 27.3 Å². The predicted molar refractivity (Wildman–Crippen MR) is 99.6 cm³/mol. The van der Waals surface area contributed by atoms with E-state index in [1.807, 2.05) is 24.3 Å². The van der Waals surface area contributed by atoms with Crippen molar-refractivity contribution in [3.63, 3.8) is 0 Å². The number of carbonyl (C=O) groups is 3. The zero-order valence-corrected chi connectivity index (χ0v) is 15.4. The van der Waals surface area contributed by atoms with Gasteiger partial charge >= 0.3 is 5.97 Å². The molecule has 1 aliphatic carbocycles. The van der Waals surface area contributed by atoms with Crippen molar-refractivity contribution in [2.24, 2.45) is 0 Å². The molecule has 27 heavy (non-hydrogen) atoms. The van der Waals surface area contributed by atoms with Gasteiger partial charge in [0.2, 0.25) is 5.91 Å². The molecule has 0 radical (unpaired) electrons. The standard InChI is InChI=1S/C20H22N2O5/c1-22(11-18(23)21-15-7-8-15)19(24)12-27-20(25)16-9-13-5-3-4-6-14(13)10-17(16)26-2/h3-6,9-10,15H,7-8,11-12H2,1-2H3,(H,21,23). The van der Waals surface area contributed by atoms with Gasteiger partial charge in [-0.15, -0.1) is 0 Å². The minimum Gasteiger partial charge on any atom is -0.496 e. The molecule has 0 unspecified atom stereocenters. The first-order chi connectivity index (χ1) is 13.0. The highest BCUT2D eigenvalue weighted by molar-refractivity contribution is 5.99. The lowest BCUT2D eigenvalue weighted by Crippen LogP contribution is -2.40. The van der Waals surface area contributed by atoms with Crippen LogP contribution >= 0.6 is 0 Å². The average Bonchev–Trinajstić information content (AvgIpc) is 3.48. The third-order valence-corrected chi connectivity index (χ3v) is 4.36. The Morgan fingerprint density at radius 1 is 1.15 bits per heavy atom. The second-order valence-corrected chi connectivity index (χ2v) is 6.57. The van der Waals surface area contributed by atoms with Crippen LogP contribution in [0.25, 0.3) is 10.8 Å². The second-order valence-electron chi connectivity index (χ2n) is 6.57. The highest BCUT2D eigenvalue weighted by atomic mass is 16.5. The maximum absolute atomic E-state index is 12.4. The van der Waals surface area contributed by atoms with Crippen LogP contribution in [0.2, 0.25) is 0 Å². The van der Waals surface area contributed by atoms with Crippen LogP contribution in [-0.2, 0) is 14.3 Å². The Hall–Kier alpha value is -3.09. The summed E-state index contributed by atoms with van der Waals surface area (Å²) in [6.07, 6.45) is 1.96. The Kier molecular flexibility index (Phi) is 5.59. The SMILES string of the molecule is COc1cc2ccccc2cc1C(=O)OCC(=O)N(C)CC(=O)NC1CC1. The van der Waals surface area contributed by atoms with Crippen LogP contribution in [0.4, 0.5) is 0 Å². The molecular formula is C20H22N2O5. The summed E-state index contributed by atoms with van der Waals surface area (Å²) in [6, 6.07) is 11.2. The van der Waals surface area contributed by atoms with E-state index in [0.717, 1.165) is 23.6 Å². The molecule has 0 aliphatic heterocycles. The monoisotopic (exact) mass is 370 g/mol. The number of amides is 2. The van der Waals surface area contributed by atoms with Crippen molar-refractivity contribution >= 4 is 28.6 Å². The van der Waals surface area contributed by atoms with E-state index in [-0.39, 0.29) is 24.1 Å². The van der Waals surface area contributed by atoms with Crippen molar-refractivity contribution in [3.05, 3.63) is 42.0 Å². The Morgan fingerprint density at radius 2 is 1.81 bits per heavy atom. The van der Waals surface area contributed by atoms with E-state index < -0.39 is 18.5 Å². The van der Waals surface area contributed by atoms with Crippen LogP contribution in [0.15, 0.2) is 36.4 Å². The van der Waals surface area contributed by atoms with Crippen LogP contribution in [0, 0.1) is 0 Å². The fourth-order valence-electron chi connectivity index (χ4n) is 2.67. The maximum Gasteiger partial charge on any atom is 0.342 e. The van der Waals surface area contributed by atoms with Gasteiger partial charge < -0.3 is 19.7 Å². The number of nitrogens with zero attached hydrogens (tertiary/aromatic N) is 1. The number of methoxy groups -OCH3 is 1. The molecule has 0 spiro atoms. The van der Waals surface area contributed by atoms with Gasteiger partial charge in [-0.25, -0.2) is 4.79 Å². The summed E-state index contributed by atoms with van der Waals surface area (Å²) in [5.41, 5.74) is 0.248. The molecular weight excluding hydrogens is 348 g/mol. The van der Waals surface area contributed by atoms with Crippen molar-refractivity contribution in [2.45, 2.75) is 18.9 Å². The first-order valence-corrected chi connectivity index (χ1v) is 8.75. The number of esters is 1. The topological polar surface area (TPSA) is 84.9 Å². The normalized spacial score (nSPS) is 13.1. The maximum atomic E-state index is 12.4. The van der Waals surface area contributed by atoms with Crippen LogP contribution in [0.1, 0.15) is 23.2 Å². The first-order valence-electron chi connectivity index (χ1n) is 8.75. The molecule has 7 heteroatoms. The molecule has 1 N–H and O–H groups in total. The number of ether oxygens (including phenoxy) is 2. The molecule has 1 fully saturated rings. The highest BCUT2D eigenvalue weighted by Crippen LogP contribution is 2.26. The summed E-state index contributed by atoms with van der Waals surface area (Å²) >= 11 is 0. The number of hydrogen-bond acceptors (Lipinski definition) is 5. The number of nitrogens with one attached hydrogen (secondary N) is 1. The van der Waals surface area contributed by atoms with Crippen molar-refractivity contribution in [3.8, 4) is 5.75 Å². The molecule has 2 aromatic rings. The van der Waals surface area contributed by atoms with E-state index in [0.29, 0.717) is 5.75 Å². The largest absolute Gasteiger partial charge is 0.496 e. The molecule has 1 saturated carbocycles. The summed E-state index contributed by atoms with van der Waals surface area (Å²) in [7, 11) is 2.97. The molecule has 7 nitrogen and oxygen atoms in total. The highest BCUT2D eigenvalue weighted by Gasteiger charge is 2.24. The fraction of sp³-hybridized carbons (Fsp3) is 0.350. The van der Waals surface area contributed by atoms with E-state index in [4.69, 9.17) is 9.47 Å². The van der Waals surface area contributed by atoms with Gasteiger partial charge in [0, 0.05) is 13.1 Å². The lowest BCUT2D eigenvalue weighted by atomic mass is 10.1. The van der Waals surface area contributed by atoms with Gasteiger partial charge in [-0.1, -0.05) is 24.3 Å². The van der Waals surface area contributed by atoms with Crippen molar-refractivity contribution in [1.29, 1.82) is 0 Å². The molecule has 0 bridgehead atoms. The van der Waals surface area contributed by atoms with Gasteiger partial charge in [0.25, 0.3) is 5.91 Å². The number of fused-ring (bicyclic) bond motifs is 1. The molecule has 0 aromatic heterocycles. The van der Waals surface area contributed by atoms with Gasteiger partial charge in [-0.2, -0.15) is 0 Å². The van der Waals surface area contributed by atoms with E-state index >= 15 is 0 Å². The third kappa shape index (κ3) is 4.75. The number of rotatable bonds is 7. The lowest BCUT2D eigenvalue weighted by Gasteiger charge is -2.17. The summed E-state index contributed by atoms with van der Waals surface area (Å²) in [5, 5.41) is 4.61. The van der Waals surface area contributed by atoms with Gasteiger partial charge in [-0.3, -0.25) is 9.59 Å². The van der Waals surface area contributed by atoms with Gasteiger partial charge in [0.05, 0.1) is 13.7 Å². The van der Waals surface area contributed by atoms with Crippen molar-refractivity contribution in [1.82, 2.24) is 10.2 Å². The quantitative estimate of drug-likeness (QED) is 0.751. The number of carbonyl (C=O) groups excluding carboxylic acids is 3. The van der Waals surface area contributed by atoms with Crippen molar-refractivity contribution < 1.29 is 23.9 Å². The summed E-state index contributed by atoms with van der Waals surface area (Å²) in [6.45, 7) is -0.506. The molecule has 2 aromatic carbocycles. The van der Waals surface area contributed by atoms with Crippen LogP contribution < -0.4 is 10.1 Å². The molecule has 2 amide bonds. The minimum absolute atomic E-state index is 0.0633. The van der Waals surface area contributed by atoms with Crippen LogP contribution in [-0.4, -0.2) is 56.0 Å². The minimum atomic E-state index is -0.651. The Morgan fingerprint density at radius 3 is 2.44 bits per heavy atom. The molecule has 0 saturated heterocycles. The molecule has 1 aliphatic rings. The lowest BCUT2D eigenvalue weighted by molar-refractivity contribution is -0.137. The van der Waals surface area contributed by atoms with Crippen LogP contribution in [0.3, 0.4) is 0 Å². The number of likely N-dealkylation sites (N-methyl/N-ethyl adjacent to an activating group) is 1. The zero-order chi connectivity index (χ0) is 19.4. The molecule has 0 heterocycles. The van der Waals surface area contributed by atoms with E-state index in [2.05, 4.69) is 5.32 Å². The van der Waals surface area contributed by atoms with E-state index in [1.165, 1.54) is 19.1 Å². The molecule has 0 atom stereocenters. The summed E-state index contributed by atoms with van der Waals surface area (Å²) < 4.78 is 10.4. The Bertz CT molecular complexity index is 876. The Balaban J connectivity index is 1.60. The van der Waals surface area contributed by atoms with Gasteiger partial charge in [-0.05, 0) is 35.7 Å². The molecule has 142 valence electrons. The predicted octanol–water partition coefficient (Wildman–Crippen LogP) is 1.74. The second kappa shape index (κ2) is 8.07.